The molecule has 32 heavy (non-hydrogen) atoms. The zero-order chi connectivity index (χ0) is 23.7. The molecule has 0 spiro atoms. The Morgan fingerprint density at radius 3 is 2.62 bits per heavy atom. The molecule has 0 heterocycles. The molecule has 2 unspecified atom stereocenters. The number of aliphatic hydroxyl groups is 1. The van der Waals surface area contributed by atoms with Crippen LogP contribution in [0, 0.1) is 28.6 Å². The van der Waals surface area contributed by atoms with Crippen molar-refractivity contribution in [2.75, 3.05) is 6.01 Å². The van der Waals surface area contributed by atoms with Crippen LogP contribution in [0.3, 0.4) is 0 Å². The van der Waals surface area contributed by atoms with E-state index in [2.05, 4.69) is 0 Å². The summed E-state index contributed by atoms with van der Waals surface area (Å²) in [5.41, 5.74) is -5.20. The maximum Gasteiger partial charge on any atom is 0.303 e. The number of carbonyl (C=O) groups is 3. The van der Waals surface area contributed by atoms with Crippen molar-refractivity contribution in [3.8, 4) is 0 Å². The number of esters is 1. The standard InChI is InChI=1S/C24H30F2O5S/c1-13-9-18-17-6-5-15-10-16(28)7-8-21(15,3)23(17,26)19(29)11-22(18,4)24(13,31-14(2)27)20(30)32-12-25/h7-8,10,13,17-19,29H,5-6,9,11-12H2,1-4H3/t13-,17?,18?,19-,21-,22-,23-,24-/m0/s1. The van der Waals surface area contributed by atoms with Gasteiger partial charge in [-0.1, -0.05) is 25.5 Å². The molecule has 0 aromatic heterocycles. The molecular weight excluding hydrogens is 438 g/mol. The van der Waals surface area contributed by atoms with Crippen LogP contribution < -0.4 is 0 Å². The van der Waals surface area contributed by atoms with Gasteiger partial charge >= 0.3 is 5.97 Å². The Balaban J connectivity index is 1.85. The molecule has 176 valence electrons. The van der Waals surface area contributed by atoms with Crippen LogP contribution in [0.25, 0.3) is 0 Å². The number of fused-ring (bicyclic) bond motifs is 5. The first kappa shape index (κ1) is 23.6. The summed E-state index contributed by atoms with van der Waals surface area (Å²) in [6.45, 7) is 6.49. The van der Waals surface area contributed by atoms with Crippen molar-refractivity contribution in [1.29, 1.82) is 0 Å². The quantitative estimate of drug-likeness (QED) is 0.629. The molecule has 0 radical (unpaired) electrons. The lowest BCUT2D eigenvalue weighted by molar-refractivity contribution is -0.224. The van der Waals surface area contributed by atoms with Crippen molar-refractivity contribution in [2.24, 2.45) is 28.6 Å². The van der Waals surface area contributed by atoms with Crippen LogP contribution >= 0.6 is 11.8 Å². The number of ketones is 1. The highest BCUT2D eigenvalue weighted by molar-refractivity contribution is 8.13. The number of carbonyl (C=O) groups excluding carboxylic acids is 3. The van der Waals surface area contributed by atoms with E-state index in [0.717, 1.165) is 0 Å². The van der Waals surface area contributed by atoms with Crippen molar-refractivity contribution in [3.63, 3.8) is 0 Å². The number of rotatable bonds is 3. The molecule has 0 aromatic rings. The lowest BCUT2D eigenvalue weighted by atomic mass is 9.45. The van der Waals surface area contributed by atoms with E-state index in [0.29, 0.717) is 36.6 Å². The fourth-order valence-corrected chi connectivity index (χ4v) is 8.40. The Bertz CT molecular complexity index is 933. The smallest absolute Gasteiger partial charge is 0.303 e. The van der Waals surface area contributed by atoms with Gasteiger partial charge in [0.25, 0.3) is 0 Å². The summed E-state index contributed by atoms with van der Waals surface area (Å²) < 4.78 is 36.1. The summed E-state index contributed by atoms with van der Waals surface area (Å²) in [5.74, 6) is -2.28. The molecule has 0 saturated heterocycles. The van der Waals surface area contributed by atoms with Gasteiger partial charge in [0.2, 0.25) is 5.12 Å². The molecule has 3 fully saturated rings. The van der Waals surface area contributed by atoms with E-state index in [9.17, 15) is 23.9 Å². The molecule has 4 rings (SSSR count). The molecule has 0 bridgehead atoms. The average Bonchev–Trinajstić information content (AvgIpc) is 2.91. The minimum absolute atomic E-state index is 0.106. The van der Waals surface area contributed by atoms with Gasteiger partial charge < -0.3 is 9.84 Å². The summed E-state index contributed by atoms with van der Waals surface area (Å²) in [4.78, 5) is 37.3. The molecule has 0 amide bonds. The van der Waals surface area contributed by atoms with Gasteiger partial charge in [-0.25, -0.2) is 8.78 Å². The monoisotopic (exact) mass is 468 g/mol. The van der Waals surface area contributed by atoms with Crippen LogP contribution in [0.4, 0.5) is 8.78 Å². The van der Waals surface area contributed by atoms with E-state index in [1.165, 1.54) is 19.1 Å². The van der Waals surface area contributed by atoms with Crippen LogP contribution in [0.5, 0.6) is 0 Å². The van der Waals surface area contributed by atoms with Gasteiger partial charge in [-0.05, 0) is 62.4 Å². The first-order valence-corrected chi connectivity index (χ1v) is 12.1. The largest absolute Gasteiger partial charge is 0.449 e. The highest BCUT2D eigenvalue weighted by Gasteiger charge is 2.77. The van der Waals surface area contributed by atoms with Crippen LogP contribution in [-0.4, -0.2) is 45.4 Å². The molecule has 4 aliphatic carbocycles. The topological polar surface area (TPSA) is 80.7 Å². The Morgan fingerprint density at radius 1 is 1.31 bits per heavy atom. The first-order valence-electron chi connectivity index (χ1n) is 11.1. The number of hydrogen-bond donors (Lipinski definition) is 1. The maximum atomic E-state index is 17.1. The third kappa shape index (κ3) is 2.74. The van der Waals surface area contributed by atoms with Gasteiger partial charge in [0, 0.05) is 29.6 Å². The molecule has 4 aliphatic rings. The Kier molecular flexibility index (Phi) is 5.52. The predicted octanol–water partition coefficient (Wildman–Crippen LogP) is 4.09. The predicted molar refractivity (Wildman–Crippen MR) is 116 cm³/mol. The summed E-state index contributed by atoms with van der Waals surface area (Å²) in [5, 5.41) is 10.8. The number of halogens is 2. The zero-order valence-corrected chi connectivity index (χ0v) is 19.6. The van der Waals surface area contributed by atoms with Crippen molar-refractivity contribution in [1.82, 2.24) is 0 Å². The molecule has 3 saturated carbocycles. The van der Waals surface area contributed by atoms with Gasteiger partial charge in [0.1, 0.15) is 6.01 Å². The molecule has 5 nitrogen and oxygen atoms in total. The molecule has 8 atom stereocenters. The summed E-state index contributed by atoms with van der Waals surface area (Å²) in [6.07, 6.45) is 4.17. The molecule has 1 N–H and O–H groups in total. The van der Waals surface area contributed by atoms with Gasteiger partial charge in [0.15, 0.2) is 17.1 Å². The van der Waals surface area contributed by atoms with E-state index in [1.807, 2.05) is 0 Å². The van der Waals surface area contributed by atoms with Crippen LogP contribution in [0.2, 0.25) is 0 Å². The number of thioether (sulfide) groups is 1. The van der Waals surface area contributed by atoms with Gasteiger partial charge in [0.05, 0.1) is 6.10 Å². The van der Waals surface area contributed by atoms with Gasteiger partial charge in [-0.2, -0.15) is 0 Å². The molecular formula is C24H30F2O5S. The Morgan fingerprint density at radius 2 is 2.00 bits per heavy atom. The first-order chi connectivity index (χ1) is 14.9. The SMILES string of the molecule is CC(=O)O[C@]1(C(=O)SCF)[C@@H](C)CC2C3CCC4=CC(=O)C=C[C@]4(C)[C@@]3(F)[C@@H](O)C[C@@]21C. The number of alkyl halides is 2. The summed E-state index contributed by atoms with van der Waals surface area (Å²) >= 11 is 0.459. The van der Waals surface area contributed by atoms with Crippen molar-refractivity contribution in [3.05, 3.63) is 23.8 Å². The zero-order valence-electron chi connectivity index (χ0n) is 18.8. The van der Waals surface area contributed by atoms with E-state index in [1.54, 1.807) is 26.8 Å². The van der Waals surface area contributed by atoms with Crippen molar-refractivity contribution in [2.45, 2.75) is 70.8 Å². The summed E-state index contributed by atoms with van der Waals surface area (Å²) in [7, 11) is 0. The molecule has 0 aromatic carbocycles. The highest BCUT2D eigenvalue weighted by atomic mass is 32.2. The Hall–Kier alpha value is -1.54. The second kappa shape index (κ2) is 7.49. The van der Waals surface area contributed by atoms with Crippen LogP contribution in [0.1, 0.15) is 53.4 Å². The third-order valence-corrected chi connectivity index (χ3v) is 9.65. The number of allylic oxidation sites excluding steroid dienone is 4. The van der Waals surface area contributed by atoms with E-state index in [-0.39, 0.29) is 18.1 Å². The van der Waals surface area contributed by atoms with Gasteiger partial charge in [-0.15, -0.1) is 0 Å². The lowest BCUT2D eigenvalue weighted by Gasteiger charge is -2.62. The number of ether oxygens (including phenoxy) is 1. The normalized spacial score (nSPS) is 47.2. The minimum Gasteiger partial charge on any atom is -0.449 e. The number of hydrogen-bond acceptors (Lipinski definition) is 6. The maximum absolute atomic E-state index is 17.1. The Labute approximate surface area is 191 Å². The van der Waals surface area contributed by atoms with E-state index < -0.39 is 57.1 Å². The average molecular weight is 469 g/mol. The van der Waals surface area contributed by atoms with Crippen LogP contribution in [-0.2, 0) is 19.1 Å². The second-order valence-corrected chi connectivity index (χ2v) is 11.1. The molecule has 0 aliphatic heterocycles. The fourth-order valence-electron chi connectivity index (χ4n) is 7.61. The van der Waals surface area contributed by atoms with Crippen molar-refractivity contribution >= 4 is 28.6 Å². The lowest BCUT2D eigenvalue weighted by Crippen LogP contribution is -2.69. The molecule has 8 heteroatoms. The number of aliphatic hydroxyl groups excluding tert-OH is 1. The third-order valence-electron chi connectivity index (χ3n) is 8.97. The van der Waals surface area contributed by atoms with Crippen molar-refractivity contribution < 1.29 is 33.0 Å². The second-order valence-electron chi connectivity index (χ2n) is 10.3. The highest BCUT2D eigenvalue weighted by Crippen LogP contribution is 2.71. The van der Waals surface area contributed by atoms with Gasteiger partial charge in [-0.3, -0.25) is 14.4 Å². The van der Waals surface area contributed by atoms with E-state index >= 15 is 4.39 Å². The van der Waals surface area contributed by atoms with E-state index in [4.69, 9.17) is 4.74 Å². The minimum atomic E-state index is -2.04. The fraction of sp³-hybridized carbons (Fsp3) is 0.708. The van der Waals surface area contributed by atoms with Crippen LogP contribution in [0.15, 0.2) is 23.8 Å². The summed E-state index contributed by atoms with van der Waals surface area (Å²) in [6, 6.07) is -0.959.